The van der Waals surface area contributed by atoms with Gasteiger partial charge in [-0.15, -0.1) is 11.8 Å². The zero-order valence-corrected chi connectivity index (χ0v) is 46.2. The monoisotopic (exact) mass is 1100 g/mol. The number of halogens is 1. The highest BCUT2D eigenvalue weighted by molar-refractivity contribution is 8.00. The molecule has 76 heavy (non-hydrogen) atoms. The number of unbranched alkanes of at least 4 members (excludes halogenated alkanes) is 1. The van der Waals surface area contributed by atoms with Gasteiger partial charge in [0, 0.05) is 71.1 Å². The number of likely N-dealkylation sites (N-methyl/N-ethyl adjacent to an activating group) is 1. The molecule has 1 unspecified atom stereocenters. The maximum absolute atomic E-state index is 14.4. The second-order valence-electron chi connectivity index (χ2n) is 21.0. The third kappa shape index (κ3) is 14.5. The van der Waals surface area contributed by atoms with Gasteiger partial charge in [-0.25, -0.2) is 9.59 Å². The number of aliphatic hydroxyl groups is 1. The van der Waals surface area contributed by atoms with Crippen LogP contribution in [0.25, 0.3) is 0 Å². The number of epoxide rings is 1. The number of allylic oxidation sites excluding steroid dienone is 3. The first kappa shape index (κ1) is 60.0. The lowest BCUT2D eigenvalue weighted by atomic mass is 9.81. The van der Waals surface area contributed by atoms with Gasteiger partial charge in [-0.2, -0.15) is 0 Å². The molecule has 0 spiro atoms. The van der Waals surface area contributed by atoms with Crippen LogP contribution in [0.4, 0.5) is 10.5 Å². The number of rotatable bonds is 18. The lowest BCUT2D eigenvalue weighted by Crippen LogP contribution is -2.63. The van der Waals surface area contributed by atoms with Crippen molar-refractivity contribution in [2.24, 2.45) is 23.5 Å². The quantitative estimate of drug-likeness (QED) is 0.0594. The molecule has 4 fully saturated rings. The number of nitrogens with one attached hydrogen (secondary N) is 2. The number of carboxylic acids is 1. The molecule has 21 nitrogen and oxygen atoms in total. The average Bonchev–Trinajstić information content (AvgIpc) is 4.01. The van der Waals surface area contributed by atoms with Crippen molar-refractivity contribution in [1.82, 2.24) is 20.4 Å². The first-order valence-electron chi connectivity index (χ1n) is 26.0. The molecule has 420 valence electrons. The summed E-state index contributed by atoms with van der Waals surface area (Å²) in [5, 5.41) is 25.7. The molecule has 0 radical (unpaired) electrons. The summed E-state index contributed by atoms with van der Waals surface area (Å²) < 4.78 is 29.5. The number of imide groups is 1. The number of esters is 1. The van der Waals surface area contributed by atoms with Gasteiger partial charge in [-0.1, -0.05) is 42.3 Å². The van der Waals surface area contributed by atoms with Crippen molar-refractivity contribution in [3.05, 3.63) is 46.5 Å². The van der Waals surface area contributed by atoms with E-state index in [9.17, 15) is 43.5 Å². The van der Waals surface area contributed by atoms with Gasteiger partial charge < -0.3 is 54.7 Å². The number of likely N-dealkylation sites (tertiary alicyclic amines) is 1. The Morgan fingerprint density at radius 1 is 1.08 bits per heavy atom. The Balaban J connectivity index is 1.07. The third-order valence-corrected chi connectivity index (χ3v) is 17.2. The smallest absolute Gasteiger partial charge is 0.409 e. The highest BCUT2D eigenvalue weighted by Gasteiger charge is 2.64. The van der Waals surface area contributed by atoms with Crippen molar-refractivity contribution in [3.8, 4) is 5.75 Å². The molecule has 1 aromatic rings. The number of thioether (sulfide) groups is 1. The van der Waals surface area contributed by atoms with Crippen LogP contribution in [-0.2, 0) is 58.9 Å². The fourth-order valence-electron chi connectivity index (χ4n) is 10.5. The fourth-order valence-corrected chi connectivity index (χ4v) is 11.9. The summed E-state index contributed by atoms with van der Waals surface area (Å²) in [4.78, 5) is 109. The van der Waals surface area contributed by atoms with Gasteiger partial charge in [-0.05, 0) is 95.8 Å². The van der Waals surface area contributed by atoms with E-state index >= 15 is 0 Å². The summed E-state index contributed by atoms with van der Waals surface area (Å²) >= 11 is 8.02. The number of amides is 6. The number of carbonyl (C=O) groups excluding carboxylic acids is 7. The van der Waals surface area contributed by atoms with Gasteiger partial charge >= 0.3 is 18.0 Å². The van der Waals surface area contributed by atoms with E-state index in [1.165, 1.54) is 54.7 Å². The minimum atomic E-state index is -1.89. The summed E-state index contributed by atoms with van der Waals surface area (Å²) in [6, 6.07) is 1.47. The number of hydrogen-bond donors (Lipinski definition) is 5. The molecular weight excluding hydrogens is 1030 g/mol. The molecule has 23 heteroatoms. The Bertz CT molecular complexity index is 2420. The molecule has 4 aliphatic heterocycles. The Labute approximate surface area is 453 Å². The minimum Gasteiger partial charge on any atom is -0.495 e. The number of anilines is 1. The first-order valence-corrected chi connectivity index (χ1v) is 27.4. The molecule has 5 aliphatic rings. The molecule has 10 atom stereocenters. The largest absolute Gasteiger partial charge is 0.495 e. The van der Waals surface area contributed by atoms with Crippen molar-refractivity contribution in [1.29, 1.82) is 0 Å². The van der Waals surface area contributed by atoms with Crippen molar-refractivity contribution in [3.63, 3.8) is 0 Å². The zero-order valence-electron chi connectivity index (χ0n) is 44.7. The summed E-state index contributed by atoms with van der Waals surface area (Å²) in [6.45, 7) is 7.53. The molecule has 1 aromatic carbocycles. The topological polar surface area (TPSA) is 286 Å². The Hall–Kier alpha value is -5.26. The molecule has 3 saturated heterocycles. The van der Waals surface area contributed by atoms with Crippen LogP contribution in [0.1, 0.15) is 104 Å². The summed E-state index contributed by atoms with van der Waals surface area (Å²) in [6.07, 6.45) is 4.40. The number of carboxylic acid groups (broad SMARTS) is 1. The predicted molar refractivity (Wildman–Crippen MR) is 281 cm³/mol. The van der Waals surface area contributed by atoms with Crippen LogP contribution in [0.3, 0.4) is 0 Å². The van der Waals surface area contributed by atoms with Gasteiger partial charge in [-0.3, -0.25) is 39.0 Å². The summed E-state index contributed by atoms with van der Waals surface area (Å²) in [5.41, 5.74) is 4.34. The van der Waals surface area contributed by atoms with Crippen LogP contribution in [0, 0.1) is 17.8 Å². The summed E-state index contributed by atoms with van der Waals surface area (Å²) in [7, 11) is 5.87. The zero-order chi connectivity index (χ0) is 55.8. The standard InChI is InChI=1S/C53H75ClN6O15S/c1-29-12-11-14-40(72-8)53(70)27-38(73-51(69)57-53)30(2)46-52(4,75-46)41(26-43(62)59(6)36-23-33(22-29)24-37(71-7)45(36)54)74-50(68)31(3)58(5)42(61)19-21-76-39-25-44(63)60(48(39)65)28-32-15-17-34(18-16-32)47(64)56-20-10-9-13-35(55)49(66)67/h11-12,14,23-24,30-32,34-35,38-41,46,70H,9-10,13,15-22,25-28,55H2,1-8H3,(H,56,64)(H,57,69)(H,66,67)/t30-,31+,32?,34?,35+,38+,39?,40-,41+,46-,52+,53+/m1/s1. The van der Waals surface area contributed by atoms with Gasteiger partial charge in [0.25, 0.3) is 0 Å². The molecule has 1 aliphatic carbocycles. The number of aliphatic carboxylic acids is 1. The molecule has 4 bridgehead atoms. The maximum atomic E-state index is 14.4. The van der Waals surface area contributed by atoms with Gasteiger partial charge in [0.1, 0.15) is 46.8 Å². The van der Waals surface area contributed by atoms with E-state index < -0.39 is 95.3 Å². The van der Waals surface area contributed by atoms with Crippen molar-refractivity contribution in [2.45, 2.75) is 158 Å². The van der Waals surface area contributed by atoms with Gasteiger partial charge in [0.05, 0.1) is 30.6 Å². The van der Waals surface area contributed by atoms with Crippen LogP contribution < -0.4 is 26.0 Å². The number of fused-ring (bicyclic) bond motifs is 5. The van der Waals surface area contributed by atoms with Crippen LogP contribution in [0.5, 0.6) is 5.75 Å². The number of alkyl carbamates (subject to hydrolysis) is 1. The van der Waals surface area contributed by atoms with E-state index in [1.54, 1.807) is 45.2 Å². The SMILES string of the molecule is COc1cc2cc(c1Cl)N(C)C(=O)C[C@H](OC(=O)[C@H](C)N(C)C(=O)CCSC1CC(=O)N(CC3CCC(C(=O)NCCCC[C@H](N)C(=O)O)CC3)C1=O)[C@]1(C)O[C@@H]1[C@H](C)[C@@H]1C[C@@](O)(NC(=O)O1)[C@H](OC)C=CC=C(C)C2. The second-order valence-corrected chi connectivity index (χ2v) is 22.7. The van der Waals surface area contributed by atoms with Crippen molar-refractivity contribution < 1.29 is 72.3 Å². The average molecular weight is 1100 g/mol. The van der Waals surface area contributed by atoms with Crippen LogP contribution >= 0.6 is 23.4 Å². The number of hydrogen-bond acceptors (Lipinski definition) is 16. The number of nitrogens with two attached hydrogens (primary N) is 1. The highest BCUT2D eigenvalue weighted by Crippen LogP contribution is 2.49. The molecule has 0 aromatic heterocycles. The molecule has 4 heterocycles. The minimum absolute atomic E-state index is 0.00468. The highest BCUT2D eigenvalue weighted by atomic mass is 35.5. The molecule has 6 amide bonds. The lowest BCUT2D eigenvalue weighted by Gasteiger charge is -2.42. The van der Waals surface area contributed by atoms with E-state index in [0.717, 1.165) is 11.1 Å². The molecule has 6 rings (SSSR count). The number of nitrogens with zero attached hydrogens (tertiary/aromatic N) is 3. The maximum Gasteiger partial charge on any atom is 0.409 e. The predicted octanol–water partition coefficient (Wildman–Crippen LogP) is 4.27. The van der Waals surface area contributed by atoms with Crippen LogP contribution in [0.15, 0.2) is 35.9 Å². The normalized spacial score (nSPS) is 29.8. The Kier molecular flexibility index (Phi) is 20.5. The van der Waals surface area contributed by atoms with Crippen molar-refractivity contribution in [2.75, 3.05) is 52.1 Å². The van der Waals surface area contributed by atoms with Crippen LogP contribution in [0.2, 0.25) is 5.02 Å². The number of benzene rings is 1. The van der Waals surface area contributed by atoms with Gasteiger partial charge in [0.2, 0.25) is 29.5 Å². The molecular formula is C53H75ClN6O15S. The van der Waals surface area contributed by atoms with Crippen LogP contribution in [-0.4, -0.2) is 168 Å². The Morgan fingerprint density at radius 3 is 2.46 bits per heavy atom. The van der Waals surface area contributed by atoms with E-state index in [-0.39, 0.29) is 66.1 Å². The molecule has 6 N–H and O–H groups in total. The molecule has 1 saturated carbocycles. The second kappa shape index (κ2) is 25.9. The van der Waals surface area contributed by atoms with E-state index in [1.807, 2.05) is 13.0 Å². The first-order chi connectivity index (χ1) is 35.9. The lowest BCUT2D eigenvalue weighted by molar-refractivity contribution is -0.162. The number of methoxy groups -OCH3 is 2. The van der Waals surface area contributed by atoms with E-state index in [2.05, 4.69) is 10.6 Å². The fraction of sp³-hybridized carbons (Fsp3) is 0.660. The Morgan fingerprint density at radius 2 is 1.79 bits per heavy atom. The number of ether oxygens (including phenoxy) is 5. The van der Waals surface area contributed by atoms with Gasteiger partial charge in [0.15, 0.2) is 5.72 Å². The summed E-state index contributed by atoms with van der Waals surface area (Å²) in [5.74, 6) is -3.68. The third-order valence-electron chi connectivity index (χ3n) is 15.6. The number of carbonyl (C=O) groups is 8. The van der Waals surface area contributed by atoms with E-state index in [0.29, 0.717) is 69.3 Å². The van der Waals surface area contributed by atoms with E-state index in [4.69, 9.17) is 46.1 Å². The van der Waals surface area contributed by atoms with Crippen molar-refractivity contribution >= 4 is 76.6 Å².